The molecule has 314 valence electrons. The lowest BCUT2D eigenvalue weighted by atomic mass is 9.95. The Morgan fingerprint density at radius 2 is 0.636 bits per heavy atom. The van der Waals surface area contributed by atoms with Gasteiger partial charge in [-0.05, 0) is 127 Å². The first-order valence-corrected chi connectivity index (χ1v) is 22.6. The van der Waals surface area contributed by atoms with Crippen molar-refractivity contribution in [3.8, 4) is 67.8 Å². The molecule has 5 heteroatoms. The highest BCUT2D eigenvalue weighted by Gasteiger charge is 2.21. The highest BCUT2D eigenvalue weighted by atomic mass is 15.0. The Hall–Kier alpha value is -8.41. The molecule has 9 aromatic carbocycles. The van der Waals surface area contributed by atoms with Gasteiger partial charge in [0, 0.05) is 49.6 Å². The van der Waals surface area contributed by atoms with Gasteiger partial charge in [-0.3, -0.25) is 0 Å². The molecule has 12 rings (SSSR count). The van der Waals surface area contributed by atoms with Crippen molar-refractivity contribution in [2.45, 2.75) is 27.7 Å². The summed E-state index contributed by atoms with van der Waals surface area (Å²) in [6.45, 7) is 8.82. The molecule has 0 saturated carbocycles. The van der Waals surface area contributed by atoms with Crippen LogP contribution in [0.5, 0.6) is 0 Å². The molecule has 0 radical (unpaired) electrons. The summed E-state index contributed by atoms with van der Waals surface area (Å²) in [5.41, 5.74) is 19.3. The molecule has 0 amide bonds. The molecule has 0 unspecified atom stereocenters. The van der Waals surface area contributed by atoms with E-state index in [1.165, 1.54) is 66.1 Å². The average Bonchev–Trinajstić information content (AvgIpc) is 3.86. The predicted octanol–water partition coefficient (Wildman–Crippen LogP) is 15.6. The normalized spacial score (nSPS) is 11.6. The predicted molar refractivity (Wildman–Crippen MR) is 275 cm³/mol. The number of nitrogens with zero attached hydrogens (tertiary/aromatic N) is 5. The van der Waals surface area contributed by atoms with Crippen LogP contribution in [0.1, 0.15) is 22.3 Å². The smallest absolute Gasteiger partial charge is 0.164 e. The van der Waals surface area contributed by atoms with Crippen molar-refractivity contribution in [2.24, 2.45) is 0 Å². The van der Waals surface area contributed by atoms with E-state index in [9.17, 15) is 0 Å². The fourth-order valence-corrected chi connectivity index (χ4v) is 10.3. The Bertz CT molecular complexity index is 3570. The maximum absolute atomic E-state index is 5.28. The van der Waals surface area contributed by atoms with E-state index in [0.29, 0.717) is 17.5 Å². The van der Waals surface area contributed by atoms with Gasteiger partial charge in [-0.15, -0.1) is 0 Å². The van der Waals surface area contributed by atoms with E-state index in [1.54, 1.807) is 0 Å². The highest BCUT2D eigenvalue weighted by Crippen LogP contribution is 2.41. The van der Waals surface area contributed by atoms with Gasteiger partial charge in [-0.1, -0.05) is 146 Å². The van der Waals surface area contributed by atoms with Crippen LogP contribution in [0.4, 0.5) is 0 Å². The monoisotopic (exact) mass is 847 g/mol. The molecule has 12 aromatic rings. The molecule has 0 aliphatic rings. The van der Waals surface area contributed by atoms with Crippen LogP contribution < -0.4 is 0 Å². The van der Waals surface area contributed by atoms with E-state index in [-0.39, 0.29) is 0 Å². The Morgan fingerprint density at radius 3 is 1.06 bits per heavy atom. The zero-order valence-electron chi connectivity index (χ0n) is 37.3. The first-order chi connectivity index (χ1) is 32.4. The molecule has 0 bridgehead atoms. The highest BCUT2D eigenvalue weighted by molar-refractivity contribution is 6.12. The number of rotatable bonds is 7. The van der Waals surface area contributed by atoms with E-state index >= 15 is 0 Å². The van der Waals surface area contributed by atoms with Crippen LogP contribution in [-0.2, 0) is 0 Å². The lowest BCUT2D eigenvalue weighted by molar-refractivity contribution is 1.07. The maximum Gasteiger partial charge on any atom is 0.164 e. The first-order valence-electron chi connectivity index (χ1n) is 22.6. The molecule has 0 atom stereocenters. The summed E-state index contributed by atoms with van der Waals surface area (Å²) in [7, 11) is 0. The third kappa shape index (κ3) is 6.50. The molecular weight excluding hydrogens is 803 g/mol. The minimum atomic E-state index is 0.599. The minimum absolute atomic E-state index is 0.599. The molecule has 3 heterocycles. The minimum Gasteiger partial charge on any atom is -0.309 e. The van der Waals surface area contributed by atoms with Gasteiger partial charge in [0.25, 0.3) is 0 Å². The average molecular weight is 848 g/mol. The first kappa shape index (κ1) is 39.2. The topological polar surface area (TPSA) is 48.5 Å². The van der Waals surface area contributed by atoms with Gasteiger partial charge in [-0.25, -0.2) is 15.0 Å². The van der Waals surface area contributed by atoms with Crippen LogP contribution in [0, 0.1) is 27.7 Å². The summed E-state index contributed by atoms with van der Waals surface area (Å²) in [6, 6.07) is 71.8. The van der Waals surface area contributed by atoms with Crippen molar-refractivity contribution in [1.29, 1.82) is 0 Å². The van der Waals surface area contributed by atoms with Crippen molar-refractivity contribution < 1.29 is 0 Å². The number of hydrogen-bond acceptors (Lipinski definition) is 3. The number of aryl methyl sites for hydroxylation is 4. The molecule has 0 aliphatic carbocycles. The van der Waals surface area contributed by atoms with Crippen LogP contribution in [0.3, 0.4) is 0 Å². The van der Waals surface area contributed by atoms with Gasteiger partial charge in [-0.2, -0.15) is 0 Å². The van der Waals surface area contributed by atoms with Crippen molar-refractivity contribution in [3.63, 3.8) is 0 Å². The van der Waals surface area contributed by atoms with Crippen LogP contribution in [-0.4, -0.2) is 24.1 Å². The van der Waals surface area contributed by atoms with Gasteiger partial charge >= 0.3 is 0 Å². The maximum atomic E-state index is 5.28. The zero-order chi connectivity index (χ0) is 44.5. The van der Waals surface area contributed by atoms with E-state index in [0.717, 1.165) is 50.1 Å². The molecule has 0 fully saturated rings. The second-order valence-electron chi connectivity index (χ2n) is 17.5. The number of benzene rings is 9. The van der Waals surface area contributed by atoms with Gasteiger partial charge in [0.1, 0.15) is 0 Å². The molecule has 66 heavy (non-hydrogen) atoms. The fraction of sp³-hybridized carbons (Fsp3) is 0.0656. The summed E-state index contributed by atoms with van der Waals surface area (Å²) in [5.74, 6) is 1.85. The number of fused-ring (bicyclic) bond motifs is 6. The third-order valence-corrected chi connectivity index (χ3v) is 13.3. The molecule has 3 aromatic heterocycles. The molecule has 5 nitrogen and oxygen atoms in total. The third-order valence-electron chi connectivity index (χ3n) is 13.3. The standard InChI is InChI=1S/C61H45N5/c1-38-17-15-18-39(2)57(38)44-29-31-55-51(35-44)49-25-11-13-27-53(49)65(55)47-33-46(61-63-59(42-21-7-5-8-22-42)62-60(64-61)43-23-9-6-10-24-43)34-48(37-47)66-54-28-14-12-26-50(54)52-36-45(30-32-56(52)66)58-40(3)19-16-20-41(58)4/h5-37H,1-4H3. The Morgan fingerprint density at radius 1 is 0.273 bits per heavy atom. The second kappa shape index (κ2) is 15.7. The Balaban J connectivity index is 1.16. The number of hydrogen-bond donors (Lipinski definition) is 0. The largest absolute Gasteiger partial charge is 0.309 e. The van der Waals surface area contributed by atoms with Crippen molar-refractivity contribution in [3.05, 3.63) is 222 Å². The second-order valence-corrected chi connectivity index (χ2v) is 17.5. The molecular formula is C61H45N5. The van der Waals surface area contributed by atoms with Gasteiger partial charge in [0.05, 0.1) is 22.1 Å². The summed E-state index contributed by atoms with van der Waals surface area (Å²) in [6.07, 6.45) is 0. The van der Waals surface area contributed by atoms with Crippen molar-refractivity contribution in [1.82, 2.24) is 24.1 Å². The van der Waals surface area contributed by atoms with Crippen LogP contribution in [0.15, 0.2) is 200 Å². The van der Waals surface area contributed by atoms with E-state index in [1.807, 2.05) is 36.4 Å². The lowest BCUT2D eigenvalue weighted by Gasteiger charge is -2.16. The van der Waals surface area contributed by atoms with Crippen molar-refractivity contribution in [2.75, 3.05) is 0 Å². The van der Waals surface area contributed by atoms with Crippen molar-refractivity contribution >= 4 is 43.6 Å². The SMILES string of the molecule is Cc1cccc(C)c1-c1ccc2c(c1)c1ccccc1n2-c1cc(-c2nc(-c3ccccc3)nc(-c3ccccc3)n2)cc(-n2c3ccccc3c3cc(-c4c(C)cccc4C)ccc32)c1. The van der Waals surface area contributed by atoms with Gasteiger partial charge in [0.15, 0.2) is 17.5 Å². The molecule has 0 N–H and O–H groups in total. The quantitative estimate of drug-likeness (QED) is 0.161. The zero-order valence-corrected chi connectivity index (χ0v) is 37.3. The summed E-state index contributed by atoms with van der Waals surface area (Å²) in [5, 5.41) is 4.79. The summed E-state index contributed by atoms with van der Waals surface area (Å²) in [4.78, 5) is 15.6. The Kier molecular flexibility index (Phi) is 9.32. The lowest BCUT2D eigenvalue weighted by Crippen LogP contribution is -2.03. The molecule has 0 aliphatic heterocycles. The summed E-state index contributed by atoms with van der Waals surface area (Å²) >= 11 is 0. The van der Waals surface area contributed by atoms with E-state index in [4.69, 9.17) is 15.0 Å². The fourth-order valence-electron chi connectivity index (χ4n) is 10.3. The van der Waals surface area contributed by atoms with Crippen LogP contribution in [0.25, 0.3) is 111 Å². The number of para-hydroxylation sites is 2. The Labute approximate surface area is 384 Å². The van der Waals surface area contributed by atoms with Gasteiger partial charge < -0.3 is 9.13 Å². The van der Waals surface area contributed by atoms with E-state index in [2.05, 4.69) is 201 Å². The number of aromatic nitrogens is 5. The molecule has 0 spiro atoms. The van der Waals surface area contributed by atoms with Crippen LogP contribution in [0.2, 0.25) is 0 Å². The molecule has 0 saturated heterocycles. The summed E-state index contributed by atoms with van der Waals surface area (Å²) < 4.78 is 4.83. The van der Waals surface area contributed by atoms with Gasteiger partial charge in [0.2, 0.25) is 0 Å². The van der Waals surface area contributed by atoms with Crippen LogP contribution >= 0.6 is 0 Å². The van der Waals surface area contributed by atoms with E-state index < -0.39 is 0 Å².